The lowest BCUT2D eigenvalue weighted by Crippen LogP contribution is -2.09. The lowest BCUT2D eigenvalue weighted by Gasteiger charge is -2.02. The largest absolute Gasteiger partial charge is 0.346 e. The second kappa shape index (κ2) is 3.40. The first kappa shape index (κ1) is 8.60. The van der Waals surface area contributed by atoms with E-state index in [1.165, 1.54) is 0 Å². The van der Waals surface area contributed by atoms with Gasteiger partial charge in [-0.25, -0.2) is 4.68 Å². The Morgan fingerprint density at radius 1 is 1.36 bits per heavy atom. The van der Waals surface area contributed by atoms with Crippen LogP contribution in [0.3, 0.4) is 0 Å². The third-order valence-corrected chi connectivity index (χ3v) is 1.83. The molecule has 0 aliphatic rings. The second-order valence-electron chi connectivity index (χ2n) is 2.84. The van der Waals surface area contributed by atoms with E-state index in [1.807, 2.05) is 11.6 Å². The first-order valence-corrected chi connectivity index (χ1v) is 4.06. The highest BCUT2D eigenvalue weighted by Crippen LogP contribution is 1.99. The van der Waals surface area contributed by atoms with Crippen LogP contribution in [-0.4, -0.2) is 35.0 Å². The molecule has 8 heteroatoms. The molecule has 0 aliphatic heterocycles. The summed E-state index contributed by atoms with van der Waals surface area (Å²) in [5.74, 6) is 1.43. The van der Waals surface area contributed by atoms with Crippen LogP contribution in [0.25, 0.3) is 0 Å². The van der Waals surface area contributed by atoms with Crippen molar-refractivity contribution >= 4 is 5.95 Å². The lowest BCUT2D eigenvalue weighted by molar-refractivity contribution is 0.709. The zero-order chi connectivity index (χ0) is 9.97. The highest BCUT2D eigenvalue weighted by atomic mass is 15.6. The minimum atomic E-state index is 0.546. The van der Waals surface area contributed by atoms with Crippen LogP contribution in [0.4, 0.5) is 5.95 Å². The number of hydrogen-bond acceptors (Lipinski definition) is 6. The van der Waals surface area contributed by atoms with Crippen LogP contribution < -0.4 is 5.32 Å². The summed E-state index contributed by atoms with van der Waals surface area (Å²) < 4.78 is 3.38. The molecule has 2 heterocycles. The maximum absolute atomic E-state index is 3.92. The molecule has 0 spiro atoms. The fourth-order valence-corrected chi connectivity index (χ4v) is 1.00. The van der Waals surface area contributed by atoms with Gasteiger partial charge in [-0.15, -0.1) is 10.2 Å². The van der Waals surface area contributed by atoms with E-state index >= 15 is 0 Å². The zero-order valence-corrected chi connectivity index (χ0v) is 7.91. The summed E-state index contributed by atoms with van der Waals surface area (Å²) in [7, 11) is 3.64. The van der Waals surface area contributed by atoms with E-state index in [2.05, 4.69) is 31.0 Å². The molecule has 1 N–H and O–H groups in total. The Morgan fingerprint density at radius 2 is 2.21 bits per heavy atom. The van der Waals surface area contributed by atoms with Crippen molar-refractivity contribution in [3.63, 3.8) is 0 Å². The van der Waals surface area contributed by atoms with E-state index in [9.17, 15) is 0 Å². The van der Waals surface area contributed by atoms with E-state index in [-0.39, 0.29) is 0 Å². The summed E-state index contributed by atoms with van der Waals surface area (Å²) in [6.07, 6.45) is 1.64. The molecule has 74 valence electrons. The molecule has 0 saturated heterocycles. The SMILES string of the molecule is Cn1cnnc1CNc1nnnn1C. The molecule has 8 nitrogen and oxygen atoms in total. The normalized spacial score (nSPS) is 10.4. The van der Waals surface area contributed by atoms with Crippen molar-refractivity contribution in [1.82, 2.24) is 35.0 Å². The van der Waals surface area contributed by atoms with Gasteiger partial charge in [0.25, 0.3) is 0 Å². The maximum Gasteiger partial charge on any atom is 0.243 e. The Bertz CT molecular complexity index is 375. The van der Waals surface area contributed by atoms with Crippen LogP contribution in [0, 0.1) is 0 Å². The van der Waals surface area contributed by atoms with Crippen molar-refractivity contribution in [2.24, 2.45) is 14.1 Å². The van der Waals surface area contributed by atoms with Gasteiger partial charge < -0.3 is 9.88 Å². The fourth-order valence-electron chi connectivity index (χ4n) is 1.00. The summed E-state index contributed by atoms with van der Waals surface area (Å²) in [5, 5.41) is 21.7. The third kappa shape index (κ3) is 1.53. The monoisotopic (exact) mass is 194 g/mol. The van der Waals surface area contributed by atoms with Crippen molar-refractivity contribution < 1.29 is 0 Å². The summed E-state index contributed by atoms with van der Waals surface area (Å²) in [5.41, 5.74) is 0. The van der Waals surface area contributed by atoms with Gasteiger partial charge in [0.2, 0.25) is 5.95 Å². The highest BCUT2D eigenvalue weighted by Gasteiger charge is 2.03. The Hall–Kier alpha value is -1.99. The Balaban J connectivity index is 2.02. The molecule has 2 aromatic heterocycles. The predicted octanol–water partition coefficient (Wildman–Crippen LogP) is -1.05. The van der Waals surface area contributed by atoms with Crippen LogP contribution >= 0.6 is 0 Å². The summed E-state index contributed by atoms with van der Waals surface area (Å²) in [4.78, 5) is 0. The Kier molecular flexibility index (Phi) is 2.09. The van der Waals surface area contributed by atoms with Gasteiger partial charge in [0.1, 0.15) is 6.33 Å². The number of tetrazole rings is 1. The number of aromatic nitrogens is 7. The molecule has 14 heavy (non-hydrogen) atoms. The van der Waals surface area contributed by atoms with Gasteiger partial charge in [-0.2, -0.15) is 0 Å². The van der Waals surface area contributed by atoms with Crippen molar-refractivity contribution in [3.8, 4) is 0 Å². The van der Waals surface area contributed by atoms with Gasteiger partial charge in [0.05, 0.1) is 6.54 Å². The van der Waals surface area contributed by atoms with E-state index in [0.717, 1.165) is 5.82 Å². The molecule has 0 saturated carbocycles. The van der Waals surface area contributed by atoms with Gasteiger partial charge in [-0.3, -0.25) is 0 Å². The number of nitrogens with one attached hydrogen (secondary N) is 1. The molecular weight excluding hydrogens is 184 g/mol. The van der Waals surface area contributed by atoms with E-state index < -0.39 is 0 Å². The highest BCUT2D eigenvalue weighted by molar-refractivity contribution is 5.21. The maximum atomic E-state index is 3.92. The van der Waals surface area contributed by atoms with E-state index in [0.29, 0.717) is 12.5 Å². The quantitative estimate of drug-likeness (QED) is 0.671. The van der Waals surface area contributed by atoms with Crippen molar-refractivity contribution in [2.45, 2.75) is 6.54 Å². The number of anilines is 1. The second-order valence-corrected chi connectivity index (χ2v) is 2.84. The van der Waals surface area contributed by atoms with E-state index in [1.54, 1.807) is 18.1 Å². The summed E-state index contributed by atoms with van der Waals surface area (Å²) in [6.45, 7) is 0.546. The average molecular weight is 194 g/mol. The first-order valence-electron chi connectivity index (χ1n) is 4.06. The molecule has 0 unspecified atom stereocenters. The molecule has 0 aromatic carbocycles. The number of hydrogen-bond donors (Lipinski definition) is 1. The third-order valence-electron chi connectivity index (χ3n) is 1.83. The van der Waals surface area contributed by atoms with Crippen molar-refractivity contribution in [2.75, 3.05) is 5.32 Å². The predicted molar refractivity (Wildman–Crippen MR) is 47.1 cm³/mol. The van der Waals surface area contributed by atoms with Crippen molar-refractivity contribution in [3.05, 3.63) is 12.2 Å². The first-order chi connectivity index (χ1) is 6.77. The molecule has 0 radical (unpaired) electrons. The molecule has 0 amide bonds. The summed E-state index contributed by atoms with van der Waals surface area (Å²) in [6, 6.07) is 0. The van der Waals surface area contributed by atoms with E-state index in [4.69, 9.17) is 0 Å². The topological polar surface area (TPSA) is 86.3 Å². The number of nitrogens with zero attached hydrogens (tertiary/aromatic N) is 7. The van der Waals surface area contributed by atoms with Gasteiger partial charge in [0.15, 0.2) is 5.82 Å². The molecule has 0 atom stereocenters. The number of aryl methyl sites for hydroxylation is 2. The Labute approximate surface area is 79.9 Å². The smallest absolute Gasteiger partial charge is 0.243 e. The molecule has 0 bridgehead atoms. The Morgan fingerprint density at radius 3 is 2.79 bits per heavy atom. The standard InChI is InChI=1S/C6H10N8/c1-13-4-8-9-5(13)3-7-6-10-11-12-14(6)2/h4H,3H2,1-2H3,(H,7,10,12). The van der Waals surface area contributed by atoms with Crippen LogP contribution in [0.15, 0.2) is 6.33 Å². The molecule has 0 aliphatic carbocycles. The van der Waals surface area contributed by atoms with Gasteiger partial charge >= 0.3 is 0 Å². The van der Waals surface area contributed by atoms with Crippen LogP contribution in [0.1, 0.15) is 5.82 Å². The van der Waals surface area contributed by atoms with Gasteiger partial charge in [-0.05, 0) is 10.4 Å². The van der Waals surface area contributed by atoms with Crippen LogP contribution in [-0.2, 0) is 20.6 Å². The van der Waals surface area contributed by atoms with Crippen molar-refractivity contribution in [1.29, 1.82) is 0 Å². The fraction of sp³-hybridized carbons (Fsp3) is 0.500. The lowest BCUT2D eigenvalue weighted by atomic mass is 10.6. The average Bonchev–Trinajstić information content (AvgIpc) is 2.72. The number of rotatable bonds is 3. The van der Waals surface area contributed by atoms with Crippen LogP contribution in [0.5, 0.6) is 0 Å². The van der Waals surface area contributed by atoms with Gasteiger partial charge in [0, 0.05) is 14.1 Å². The minimum absolute atomic E-state index is 0.546. The molecule has 0 fully saturated rings. The zero-order valence-electron chi connectivity index (χ0n) is 7.91. The molecular formula is C6H10N8. The summed E-state index contributed by atoms with van der Waals surface area (Å²) >= 11 is 0. The van der Waals surface area contributed by atoms with Gasteiger partial charge in [-0.1, -0.05) is 5.10 Å². The van der Waals surface area contributed by atoms with Crippen LogP contribution in [0.2, 0.25) is 0 Å². The molecule has 2 aromatic rings. The molecule has 2 rings (SSSR count). The minimum Gasteiger partial charge on any atom is -0.346 e.